The van der Waals surface area contributed by atoms with Crippen molar-refractivity contribution >= 4 is 12.1 Å². The molecule has 0 saturated heterocycles. The van der Waals surface area contributed by atoms with Crippen molar-refractivity contribution < 1.29 is 9.18 Å². The zero-order valence-electron chi connectivity index (χ0n) is 10.4. The van der Waals surface area contributed by atoms with Crippen LogP contribution in [0.4, 0.5) is 4.39 Å². The van der Waals surface area contributed by atoms with Crippen molar-refractivity contribution in [3.8, 4) is 0 Å². The summed E-state index contributed by atoms with van der Waals surface area (Å²) in [7, 11) is 0. The van der Waals surface area contributed by atoms with E-state index in [0.717, 1.165) is 11.1 Å². The van der Waals surface area contributed by atoms with Crippen molar-refractivity contribution in [2.45, 2.75) is 6.92 Å². The minimum Gasteiger partial charge on any atom is -0.267 e. The lowest BCUT2D eigenvalue weighted by Crippen LogP contribution is -2.17. The normalized spacial score (nSPS) is 10.6. The molecule has 3 nitrogen and oxygen atoms in total. The van der Waals surface area contributed by atoms with Crippen molar-refractivity contribution in [3.05, 3.63) is 71.0 Å². The monoisotopic (exact) mass is 256 g/mol. The highest BCUT2D eigenvalue weighted by Gasteiger charge is 2.04. The van der Waals surface area contributed by atoms with E-state index < -0.39 is 11.7 Å². The molecular formula is C15H13FN2O. The first kappa shape index (κ1) is 13.0. The Bertz CT molecular complexity index is 623. The molecular weight excluding hydrogens is 243 g/mol. The van der Waals surface area contributed by atoms with Crippen LogP contribution in [-0.4, -0.2) is 12.1 Å². The summed E-state index contributed by atoms with van der Waals surface area (Å²) in [4.78, 5) is 11.7. The second kappa shape index (κ2) is 5.91. The molecule has 0 bridgehead atoms. The molecule has 0 aliphatic rings. The maximum Gasteiger partial charge on any atom is 0.271 e. The van der Waals surface area contributed by atoms with E-state index in [9.17, 15) is 9.18 Å². The number of aryl methyl sites for hydroxylation is 1. The van der Waals surface area contributed by atoms with Gasteiger partial charge in [0.2, 0.25) is 0 Å². The van der Waals surface area contributed by atoms with Gasteiger partial charge in [-0.3, -0.25) is 4.79 Å². The van der Waals surface area contributed by atoms with E-state index in [2.05, 4.69) is 10.5 Å². The molecule has 0 fully saturated rings. The fraction of sp³-hybridized carbons (Fsp3) is 0.0667. The predicted molar refractivity (Wildman–Crippen MR) is 72.6 cm³/mol. The quantitative estimate of drug-likeness (QED) is 0.665. The summed E-state index contributed by atoms with van der Waals surface area (Å²) in [6.07, 6.45) is 1.56. The number of benzene rings is 2. The van der Waals surface area contributed by atoms with Gasteiger partial charge in [-0.25, -0.2) is 9.82 Å². The fourth-order valence-electron chi connectivity index (χ4n) is 1.59. The fourth-order valence-corrected chi connectivity index (χ4v) is 1.59. The number of nitrogens with one attached hydrogen (secondary N) is 1. The molecule has 96 valence electrons. The summed E-state index contributed by atoms with van der Waals surface area (Å²) in [6, 6.07) is 13.1. The topological polar surface area (TPSA) is 41.5 Å². The number of hydrogen-bond acceptors (Lipinski definition) is 2. The third kappa shape index (κ3) is 3.48. The molecule has 0 aliphatic carbocycles. The van der Waals surface area contributed by atoms with Crippen LogP contribution in [0.2, 0.25) is 0 Å². The van der Waals surface area contributed by atoms with Crippen LogP contribution in [0, 0.1) is 12.7 Å². The van der Waals surface area contributed by atoms with Crippen molar-refractivity contribution in [3.63, 3.8) is 0 Å². The van der Waals surface area contributed by atoms with Crippen LogP contribution in [0.5, 0.6) is 0 Å². The molecule has 19 heavy (non-hydrogen) atoms. The van der Waals surface area contributed by atoms with Gasteiger partial charge in [-0.1, -0.05) is 30.3 Å². The molecule has 0 atom stereocenters. The van der Waals surface area contributed by atoms with E-state index in [4.69, 9.17) is 0 Å². The molecule has 2 aromatic carbocycles. The average Bonchev–Trinajstić information content (AvgIpc) is 2.41. The summed E-state index contributed by atoms with van der Waals surface area (Å²) in [5.74, 6) is -0.889. The van der Waals surface area contributed by atoms with Crippen LogP contribution in [0.25, 0.3) is 0 Å². The number of carbonyl (C=O) groups excluding carboxylic acids is 1. The Balaban J connectivity index is 2.03. The Hall–Kier alpha value is -2.49. The number of halogens is 1. The molecule has 1 amide bonds. The number of amides is 1. The third-order valence-electron chi connectivity index (χ3n) is 2.64. The Kier molecular flexibility index (Phi) is 4.03. The molecule has 0 radical (unpaired) electrons. The smallest absolute Gasteiger partial charge is 0.267 e. The van der Waals surface area contributed by atoms with Gasteiger partial charge in [-0.2, -0.15) is 5.10 Å². The lowest BCUT2D eigenvalue weighted by Gasteiger charge is -2.01. The van der Waals surface area contributed by atoms with Crippen LogP contribution in [0.1, 0.15) is 21.5 Å². The van der Waals surface area contributed by atoms with Gasteiger partial charge >= 0.3 is 0 Å². The van der Waals surface area contributed by atoms with Gasteiger partial charge in [-0.05, 0) is 36.2 Å². The summed E-state index contributed by atoms with van der Waals surface area (Å²) >= 11 is 0. The zero-order chi connectivity index (χ0) is 13.7. The first-order chi connectivity index (χ1) is 9.16. The zero-order valence-corrected chi connectivity index (χ0v) is 10.4. The predicted octanol–water partition coefficient (Wildman–Crippen LogP) is 2.90. The van der Waals surface area contributed by atoms with E-state index in [1.54, 1.807) is 6.21 Å². The maximum absolute atomic E-state index is 12.9. The third-order valence-corrected chi connectivity index (χ3v) is 2.64. The van der Waals surface area contributed by atoms with E-state index in [-0.39, 0.29) is 5.56 Å². The molecule has 0 spiro atoms. The molecule has 0 unspecified atom stereocenters. The highest BCUT2D eigenvalue weighted by atomic mass is 19.1. The van der Waals surface area contributed by atoms with Gasteiger partial charge < -0.3 is 0 Å². The van der Waals surface area contributed by atoms with Crippen LogP contribution in [0.3, 0.4) is 0 Å². The second-order valence-electron chi connectivity index (χ2n) is 4.07. The molecule has 0 aromatic heterocycles. The van der Waals surface area contributed by atoms with Crippen molar-refractivity contribution in [2.75, 3.05) is 0 Å². The van der Waals surface area contributed by atoms with Gasteiger partial charge in [0.15, 0.2) is 0 Å². The highest BCUT2D eigenvalue weighted by molar-refractivity contribution is 5.94. The Morgan fingerprint density at radius 1 is 1.21 bits per heavy atom. The Morgan fingerprint density at radius 2 is 2.00 bits per heavy atom. The minimum absolute atomic E-state index is 0.238. The van der Waals surface area contributed by atoms with Gasteiger partial charge in [0.25, 0.3) is 5.91 Å². The summed E-state index contributed by atoms with van der Waals surface area (Å²) < 4.78 is 12.9. The van der Waals surface area contributed by atoms with Crippen LogP contribution in [0.15, 0.2) is 53.6 Å². The summed E-state index contributed by atoms with van der Waals surface area (Å²) in [6.45, 7) is 1.95. The number of hydrogen-bond donors (Lipinski definition) is 1. The summed E-state index contributed by atoms with van der Waals surface area (Å²) in [5, 5.41) is 3.86. The van der Waals surface area contributed by atoms with Crippen LogP contribution >= 0.6 is 0 Å². The Morgan fingerprint density at radius 3 is 2.74 bits per heavy atom. The van der Waals surface area contributed by atoms with Crippen molar-refractivity contribution in [1.29, 1.82) is 0 Å². The molecule has 2 aromatic rings. The first-order valence-corrected chi connectivity index (χ1v) is 5.81. The second-order valence-corrected chi connectivity index (χ2v) is 4.07. The van der Waals surface area contributed by atoms with E-state index in [1.807, 2.05) is 31.2 Å². The lowest BCUT2D eigenvalue weighted by molar-refractivity contribution is 0.0954. The standard InChI is InChI=1S/C15H13FN2O/c1-11-5-2-3-6-13(11)10-17-18-15(19)12-7-4-8-14(16)9-12/h2-10H,1H3,(H,18,19)/b17-10-. The molecule has 2 rings (SSSR count). The lowest BCUT2D eigenvalue weighted by atomic mass is 10.1. The largest absolute Gasteiger partial charge is 0.271 e. The number of carbonyl (C=O) groups is 1. The highest BCUT2D eigenvalue weighted by Crippen LogP contribution is 2.04. The average molecular weight is 256 g/mol. The molecule has 0 aliphatic heterocycles. The number of hydrazone groups is 1. The molecule has 0 saturated carbocycles. The molecule has 0 heterocycles. The first-order valence-electron chi connectivity index (χ1n) is 5.81. The van der Waals surface area contributed by atoms with E-state index >= 15 is 0 Å². The van der Waals surface area contributed by atoms with Gasteiger partial charge in [0, 0.05) is 5.56 Å². The maximum atomic E-state index is 12.9. The van der Waals surface area contributed by atoms with Gasteiger partial charge in [0.05, 0.1) is 6.21 Å². The van der Waals surface area contributed by atoms with Crippen LogP contribution in [-0.2, 0) is 0 Å². The SMILES string of the molecule is Cc1ccccc1/C=N\NC(=O)c1cccc(F)c1. The summed E-state index contributed by atoms with van der Waals surface area (Å²) in [5.41, 5.74) is 4.58. The Labute approximate surface area is 110 Å². The van der Waals surface area contributed by atoms with Crippen LogP contribution < -0.4 is 5.43 Å². The minimum atomic E-state index is -0.449. The van der Waals surface area contributed by atoms with Gasteiger partial charge in [0.1, 0.15) is 5.82 Å². The van der Waals surface area contributed by atoms with E-state index in [1.165, 1.54) is 24.3 Å². The van der Waals surface area contributed by atoms with E-state index in [0.29, 0.717) is 0 Å². The van der Waals surface area contributed by atoms with Crippen molar-refractivity contribution in [1.82, 2.24) is 5.43 Å². The van der Waals surface area contributed by atoms with Gasteiger partial charge in [-0.15, -0.1) is 0 Å². The number of nitrogens with zero attached hydrogens (tertiary/aromatic N) is 1. The molecule has 4 heteroatoms. The van der Waals surface area contributed by atoms with Crippen molar-refractivity contribution in [2.24, 2.45) is 5.10 Å². The number of rotatable bonds is 3. The molecule has 1 N–H and O–H groups in total.